The second-order valence-corrected chi connectivity index (χ2v) is 7.96. The molecule has 0 amide bonds. The zero-order chi connectivity index (χ0) is 24.4. The molecule has 0 fully saturated rings. The van der Waals surface area contributed by atoms with Gasteiger partial charge >= 0.3 is 5.97 Å². The van der Waals surface area contributed by atoms with E-state index in [0.29, 0.717) is 33.2 Å². The maximum Gasteiger partial charge on any atom is 0.339 e. The molecule has 0 radical (unpaired) electrons. The third kappa shape index (κ3) is 4.09. The minimum atomic E-state index is -0.619. The molecule has 0 aliphatic rings. The first-order chi connectivity index (χ1) is 17.1. The number of hydrogen-bond acceptors (Lipinski definition) is 6. The molecule has 2 N–H and O–H groups in total. The maximum atomic E-state index is 13.3. The number of imidazole rings is 1. The summed E-state index contributed by atoms with van der Waals surface area (Å²) in [5.41, 5.74) is 4.55. The first-order valence-electron chi connectivity index (χ1n) is 11.0. The van der Waals surface area contributed by atoms with Gasteiger partial charge in [0.1, 0.15) is 18.2 Å². The van der Waals surface area contributed by atoms with Gasteiger partial charge in [-0.3, -0.25) is 0 Å². The van der Waals surface area contributed by atoms with E-state index in [1.54, 1.807) is 6.07 Å². The number of aromatic amines is 1. The van der Waals surface area contributed by atoms with Crippen molar-refractivity contribution in [2.45, 2.75) is 6.92 Å². The molecule has 5 rings (SSSR count). The number of rotatable bonds is 5. The predicted molar refractivity (Wildman–Crippen MR) is 133 cm³/mol. The molecule has 0 atom stereocenters. The fraction of sp³-hybridized carbons (Fsp3) is 0.0714. The number of carbonyl (C=O) groups excluding carboxylic acids is 1. The molecule has 0 aliphatic heterocycles. The van der Waals surface area contributed by atoms with Crippen LogP contribution in [0.1, 0.15) is 21.7 Å². The zero-order valence-electron chi connectivity index (χ0n) is 18.8. The summed E-state index contributed by atoms with van der Waals surface area (Å²) >= 11 is 0. The average molecular weight is 460 g/mol. The lowest BCUT2D eigenvalue weighted by Crippen LogP contribution is -2.12. The number of nitriles is 1. The average Bonchev–Trinajstić information content (AvgIpc) is 3.31. The summed E-state index contributed by atoms with van der Waals surface area (Å²) in [5.74, 6) is -0.801. The van der Waals surface area contributed by atoms with Crippen LogP contribution in [0.15, 0.2) is 84.6 Å². The van der Waals surface area contributed by atoms with Crippen molar-refractivity contribution in [2.24, 2.45) is 0 Å². The summed E-state index contributed by atoms with van der Waals surface area (Å²) < 4.78 is 5.48. The molecule has 2 heterocycles. The van der Waals surface area contributed by atoms with Gasteiger partial charge in [-0.25, -0.2) is 14.8 Å². The quantitative estimate of drug-likeness (QED) is 0.197. The third-order valence-corrected chi connectivity index (χ3v) is 5.75. The van der Waals surface area contributed by atoms with E-state index in [-0.39, 0.29) is 17.2 Å². The largest absolute Gasteiger partial charge is 0.507 e. The van der Waals surface area contributed by atoms with E-state index in [0.717, 1.165) is 11.1 Å². The van der Waals surface area contributed by atoms with Gasteiger partial charge < -0.3 is 14.8 Å². The summed E-state index contributed by atoms with van der Waals surface area (Å²) in [6.07, 6.45) is 0. The Labute approximate surface area is 201 Å². The Morgan fingerprint density at radius 3 is 2.40 bits per heavy atom. The van der Waals surface area contributed by atoms with Crippen molar-refractivity contribution in [3.05, 3.63) is 102 Å². The standard InChI is InChI=1S/C28H20N4O3/c1-17-25(19-11-5-6-12-21(19)30-26(17)18-9-3-2-4-10-18)28(34)35-16-24(33)20(15-29)27-31-22-13-7-8-14-23(22)32-27/h2-14,33H,16H2,1H3,(H,31,32)/b24-20-. The van der Waals surface area contributed by atoms with Crippen molar-refractivity contribution in [3.8, 4) is 17.3 Å². The number of ether oxygens (including phenoxy) is 1. The highest BCUT2D eigenvalue weighted by atomic mass is 16.5. The van der Waals surface area contributed by atoms with Crippen LogP contribution in [-0.4, -0.2) is 32.6 Å². The number of nitrogens with zero attached hydrogens (tertiary/aromatic N) is 3. The zero-order valence-corrected chi connectivity index (χ0v) is 18.8. The predicted octanol–water partition coefficient (Wildman–Crippen LogP) is 5.74. The molecule has 35 heavy (non-hydrogen) atoms. The third-order valence-electron chi connectivity index (χ3n) is 5.75. The molecule has 0 saturated heterocycles. The van der Waals surface area contributed by atoms with Crippen LogP contribution in [0.25, 0.3) is 38.8 Å². The van der Waals surface area contributed by atoms with Gasteiger partial charge in [0.05, 0.1) is 27.8 Å². The number of pyridine rings is 1. The summed E-state index contributed by atoms with van der Waals surface area (Å²) in [4.78, 5) is 25.4. The lowest BCUT2D eigenvalue weighted by atomic mass is 9.98. The van der Waals surface area contributed by atoms with Crippen LogP contribution in [0, 0.1) is 18.3 Å². The van der Waals surface area contributed by atoms with Gasteiger partial charge in [-0.15, -0.1) is 0 Å². The summed E-state index contributed by atoms with van der Waals surface area (Å²) in [6, 6.07) is 26.2. The number of para-hydroxylation sites is 3. The number of hydrogen-bond donors (Lipinski definition) is 2. The highest BCUT2D eigenvalue weighted by Gasteiger charge is 2.21. The molecule has 5 aromatic rings. The summed E-state index contributed by atoms with van der Waals surface area (Å²) in [7, 11) is 0. The molecule has 7 heteroatoms. The molecule has 0 spiro atoms. The number of aliphatic hydroxyl groups is 1. The highest BCUT2D eigenvalue weighted by Crippen LogP contribution is 2.30. The number of aromatic nitrogens is 3. The van der Waals surface area contributed by atoms with Crippen molar-refractivity contribution in [3.63, 3.8) is 0 Å². The first-order valence-corrected chi connectivity index (χ1v) is 11.0. The number of allylic oxidation sites excluding steroid dienone is 1. The van der Waals surface area contributed by atoms with Crippen LogP contribution in [0.4, 0.5) is 0 Å². The van der Waals surface area contributed by atoms with Gasteiger partial charge in [-0.1, -0.05) is 60.7 Å². The number of benzene rings is 3. The molecular weight excluding hydrogens is 440 g/mol. The molecule has 3 aromatic carbocycles. The second-order valence-electron chi connectivity index (χ2n) is 7.96. The van der Waals surface area contributed by atoms with E-state index >= 15 is 0 Å². The Balaban J connectivity index is 1.50. The Kier molecular flexibility index (Phi) is 5.70. The van der Waals surface area contributed by atoms with Crippen LogP contribution >= 0.6 is 0 Å². The molecule has 7 nitrogen and oxygen atoms in total. The second kappa shape index (κ2) is 9.12. The maximum absolute atomic E-state index is 13.3. The Morgan fingerprint density at radius 1 is 0.971 bits per heavy atom. The van der Waals surface area contributed by atoms with Crippen molar-refractivity contribution in [2.75, 3.05) is 6.61 Å². The van der Waals surface area contributed by atoms with Crippen LogP contribution in [0.5, 0.6) is 0 Å². The van der Waals surface area contributed by atoms with Crippen molar-refractivity contribution in [1.82, 2.24) is 15.0 Å². The fourth-order valence-corrected chi connectivity index (χ4v) is 4.05. The van der Waals surface area contributed by atoms with E-state index in [4.69, 9.17) is 9.72 Å². The normalized spacial score (nSPS) is 11.8. The molecular formula is C28H20N4O3. The van der Waals surface area contributed by atoms with E-state index in [9.17, 15) is 15.2 Å². The number of esters is 1. The van der Waals surface area contributed by atoms with Crippen molar-refractivity contribution < 1.29 is 14.6 Å². The van der Waals surface area contributed by atoms with E-state index in [1.807, 2.05) is 85.8 Å². The number of nitrogens with one attached hydrogen (secondary N) is 1. The molecule has 2 aromatic heterocycles. The Hall–Kier alpha value is -4.96. The minimum Gasteiger partial charge on any atom is -0.507 e. The summed E-state index contributed by atoms with van der Waals surface area (Å²) in [6.45, 7) is 1.35. The number of carbonyl (C=O) groups is 1. The van der Waals surface area contributed by atoms with Crippen molar-refractivity contribution >= 4 is 33.5 Å². The first kappa shape index (κ1) is 21.9. The Morgan fingerprint density at radius 2 is 1.66 bits per heavy atom. The fourth-order valence-electron chi connectivity index (χ4n) is 4.05. The smallest absolute Gasteiger partial charge is 0.339 e. The van der Waals surface area contributed by atoms with E-state index in [2.05, 4.69) is 9.97 Å². The van der Waals surface area contributed by atoms with E-state index < -0.39 is 12.6 Å². The van der Waals surface area contributed by atoms with Gasteiger partial charge in [0.15, 0.2) is 11.6 Å². The number of aliphatic hydroxyl groups excluding tert-OH is 1. The lowest BCUT2D eigenvalue weighted by Gasteiger charge is -2.14. The monoisotopic (exact) mass is 460 g/mol. The van der Waals surface area contributed by atoms with Crippen LogP contribution < -0.4 is 0 Å². The highest BCUT2D eigenvalue weighted by molar-refractivity contribution is 6.06. The number of H-pyrrole nitrogens is 1. The summed E-state index contributed by atoms with van der Waals surface area (Å²) in [5, 5.41) is 20.9. The lowest BCUT2D eigenvalue weighted by molar-refractivity contribution is 0.0504. The van der Waals surface area contributed by atoms with Gasteiger partial charge in [0, 0.05) is 10.9 Å². The van der Waals surface area contributed by atoms with Crippen LogP contribution in [0.3, 0.4) is 0 Å². The van der Waals surface area contributed by atoms with Gasteiger partial charge in [0.25, 0.3) is 0 Å². The van der Waals surface area contributed by atoms with Crippen LogP contribution in [0.2, 0.25) is 0 Å². The SMILES string of the molecule is Cc1c(-c2ccccc2)nc2ccccc2c1C(=O)OC/C(O)=C(\C#N)c1nc2ccccc2[nH]1. The minimum absolute atomic E-state index is 0.0877. The number of fused-ring (bicyclic) bond motifs is 2. The van der Waals surface area contributed by atoms with E-state index in [1.165, 1.54) is 0 Å². The molecule has 0 aliphatic carbocycles. The molecule has 0 unspecified atom stereocenters. The molecule has 0 bridgehead atoms. The van der Waals surface area contributed by atoms with Crippen LogP contribution in [-0.2, 0) is 4.74 Å². The molecule has 0 saturated carbocycles. The topological polar surface area (TPSA) is 112 Å². The Bertz CT molecular complexity index is 1610. The molecule has 170 valence electrons. The van der Waals surface area contributed by atoms with Gasteiger partial charge in [-0.05, 0) is 30.7 Å². The van der Waals surface area contributed by atoms with Crippen molar-refractivity contribution in [1.29, 1.82) is 5.26 Å². The van der Waals surface area contributed by atoms with Gasteiger partial charge in [0.2, 0.25) is 0 Å². The van der Waals surface area contributed by atoms with Gasteiger partial charge in [-0.2, -0.15) is 5.26 Å².